The fourth-order valence-corrected chi connectivity index (χ4v) is 2.76. The molecule has 0 bridgehead atoms. The van der Waals surface area contributed by atoms with Gasteiger partial charge in [0.2, 0.25) is 5.91 Å². The number of rotatable bonds is 4. The molecule has 1 saturated heterocycles. The number of likely N-dealkylation sites (tertiary alicyclic amines) is 1. The Hall–Kier alpha value is -0.940. The molecule has 1 amide bonds. The standard InChI is InChI=1S/C11H17N3OS/c1-3-12-9-4-5-14(11(9)15)6-10-13-8(2)7-16-10/h7,9,12H,3-6H2,1-2H3. The topological polar surface area (TPSA) is 45.2 Å². The van der Waals surface area contributed by atoms with Crippen molar-refractivity contribution in [2.75, 3.05) is 13.1 Å². The van der Waals surface area contributed by atoms with Crippen molar-refractivity contribution in [2.45, 2.75) is 32.9 Å². The van der Waals surface area contributed by atoms with Crippen LogP contribution >= 0.6 is 11.3 Å². The number of carbonyl (C=O) groups is 1. The van der Waals surface area contributed by atoms with Crippen molar-refractivity contribution >= 4 is 17.2 Å². The molecule has 0 saturated carbocycles. The van der Waals surface area contributed by atoms with E-state index in [9.17, 15) is 4.79 Å². The van der Waals surface area contributed by atoms with E-state index in [0.29, 0.717) is 6.54 Å². The molecule has 4 nitrogen and oxygen atoms in total. The minimum absolute atomic E-state index is 0.0195. The van der Waals surface area contributed by atoms with E-state index in [0.717, 1.165) is 30.2 Å². The minimum atomic E-state index is 0.0195. The highest BCUT2D eigenvalue weighted by Crippen LogP contribution is 2.17. The molecule has 1 atom stereocenters. The lowest BCUT2D eigenvalue weighted by atomic mass is 10.2. The number of likely N-dealkylation sites (N-methyl/N-ethyl adjacent to an activating group) is 1. The fraction of sp³-hybridized carbons (Fsp3) is 0.636. The molecule has 1 aliphatic heterocycles. The predicted molar refractivity (Wildman–Crippen MR) is 64.3 cm³/mol. The number of amides is 1. The van der Waals surface area contributed by atoms with Crippen LogP contribution in [0.5, 0.6) is 0 Å². The van der Waals surface area contributed by atoms with Crippen LogP contribution < -0.4 is 5.32 Å². The molecule has 1 fully saturated rings. The van der Waals surface area contributed by atoms with E-state index in [1.165, 1.54) is 0 Å². The summed E-state index contributed by atoms with van der Waals surface area (Å²) in [7, 11) is 0. The van der Waals surface area contributed by atoms with Crippen molar-refractivity contribution in [3.63, 3.8) is 0 Å². The Morgan fingerprint density at radius 3 is 3.12 bits per heavy atom. The van der Waals surface area contributed by atoms with Crippen LogP contribution in [-0.2, 0) is 11.3 Å². The number of hydrogen-bond acceptors (Lipinski definition) is 4. The number of thiazole rings is 1. The van der Waals surface area contributed by atoms with E-state index in [4.69, 9.17) is 0 Å². The van der Waals surface area contributed by atoms with Gasteiger partial charge in [-0.1, -0.05) is 6.92 Å². The molecule has 1 aromatic heterocycles. The lowest BCUT2D eigenvalue weighted by molar-refractivity contribution is -0.129. The maximum absolute atomic E-state index is 11.9. The lowest BCUT2D eigenvalue weighted by Gasteiger charge is -2.15. The second kappa shape index (κ2) is 4.93. The van der Waals surface area contributed by atoms with Gasteiger partial charge in [0.05, 0.1) is 12.6 Å². The van der Waals surface area contributed by atoms with Gasteiger partial charge in [-0.25, -0.2) is 4.98 Å². The van der Waals surface area contributed by atoms with Crippen molar-refractivity contribution in [2.24, 2.45) is 0 Å². The molecular formula is C11H17N3OS. The molecule has 16 heavy (non-hydrogen) atoms. The summed E-state index contributed by atoms with van der Waals surface area (Å²) in [6, 6.07) is 0.0195. The van der Waals surface area contributed by atoms with Gasteiger partial charge in [0.1, 0.15) is 5.01 Å². The zero-order chi connectivity index (χ0) is 11.5. The summed E-state index contributed by atoms with van der Waals surface area (Å²) in [5, 5.41) is 6.26. The Balaban J connectivity index is 1.94. The molecule has 1 aromatic rings. The minimum Gasteiger partial charge on any atom is -0.335 e. The Morgan fingerprint density at radius 1 is 1.69 bits per heavy atom. The molecule has 2 heterocycles. The van der Waals surface area contributed by atoms with Crippen molar-refractivity contribution in [1.29, 1.82) is 0 Å². The summed E-state index contributed by atoms with van der Waals surface area (Å²) in [4.78, 5) is 18.2. The van der Waals surface area contributed by atoms with Crippen LogP contribution in [-0.4, -0.2) is 34.9 Å². The lowest BCUT2D eigenvalue weighted by Crippen LogP contribution is -2.37. The highest BCUT2D eigenvalue weighted by Gasteiger charge is 2.30. The molecule has 0 aliphatic carbocycles. The van der Waals surface area contributed by atoms with Crippen LogP contribution in [0.25, 0.3) is 0 Å². The Morgan fingerprint density at radius 2 is 2.50 bits per heavy atom. The van der Waals surface area contributed by atoms with Gasteiger partial charge in [-0.05, 0) is 19.9 Å². The summed E-state index contributed by atoms with van der Waals surface area (Å²) in [5.74, 6) is 0.217. The van der Waals surface area contributed by atoms with E-state index in [-0.39, 0.29) is 11.9 Å². The van der Waals surface area contributed by atoms with Gasteiger partial charge < -0.3 is 10.2 Å². The van der Waals surface area contributed by atoms with Gasteiger partial charge in [-0.15, -0.1) is 11.3 Å². The SMILES string of the molecule is CCNC1CCN(Cc2nc(C)cs2)C1=O. The summed E-state index contributed by atoms with van der Waals surface area (Å²) in [5.41, 5.74) is 1.04. The third-order valence-electron chi connectivity index (χ3n) is 2.74. The van der Waals surface area contributed by atoms with Crippen LogP contribution in [0.2, 0.25) is 0 Å². The van der Waals surface area contributed by atoms with E-state index in [1.54, 1.807) is 11.3 Å². The van der Waals surface area contributed by atoms with Gasteiger partial charge in [-0.3, -0.25) is 4.79 Å². The highest BCUT2D eigenvalue weighted by atomic mass is 32.1. The summed E-state index contributed by atoms with van der Waals surface area (Å²) in [6.07, 6.45) is 0.914. The van der Waals surface area contributed by atoms with Gasteiger partial charge in [0.15, 0.2) is 0 Å². The summed E-state index contributed by atoms with van der Waals surface area (Å²) < 4.78 is 0. The summed E-state index contributed by atoms with van der Waals surface area (Å²) >= 11 is 1.63. The second-order valence-electron chi connectivity index (χ2n) is 4.04. The number of hydrogen-bond donors (Lipinski definition) is 1. The Kier molecular flexibility index (Phi) is 3.56. The van der Waals surface area contributed by atoms with Crippen molar-refractivity contribution in [3.8, 4) is 0 Å². The van der Waals surface area contributed by atoms with Crippen molar-refractivity contribution in [1.82, 2.24) is 15.2 Å². The largest absolute Gasteiger partial charge is 0.335 e. The summed E-state index contributed by atoms with van der Waals surface area (Å²) in [6.45, 7) is 6.36. The highest BCUT2D eigenvalue weighted by molar-refractivity contribution is 7.09. The Bertz CT molecular complexity index is 377. The zero-order valence-corrected chi connectivity index (χ0v) is 10.5. The van der Waals surface area contributed by atoms with Crippen molar-refractivity contribution in [3.05, 3.63) is 16.1 Å². The van der Waals surface area contributed by atoms with Crippen LogP contribution in [0, 0.1) is 6.92 Å². The first kappa shape index (κ1) is 11.5. The molecule has 88 valence electrons. The number of nitrogens with zero attached hydrogens (tertiary/aromatic N) is 2. The van der Waals surface area contributed by atoms with Crippen molar-refractivity contribution < 1.29 is 4.79 Å². The first-order valence-corrected chi connectivity index (χ1v) is 6.52. The maximum atomic E-state index is 11.9. The molecule has 1 unspecified atom stereocenters. The quantitative estimate of drug-likeness (QED) is 0.857. The number of aromatic nitrogens is 1. The van der Waals surface area contributed by atoms with Gasteiger partial charge >= 0.3 is 0 Å². The van der Waals surface area contributed by atoms with E-state index >= 15 is 0 Å². The molecule has 5 heteroatoms. The van der Waals surface area contributed by atoms with Crippen LogP contribution in [0.1, 0.15) is 24.0 Å². The molecular weight excluding hydrogens is 222 g/mol. The Labute approximate surface area is 99.7 Å². The molecule has 0 spiro atoms. The normalized spacial score (nSPS) is 20.8. The average Bonchev–Trinajstić information content (AvgIpc) is 2.80. The first-order valence-electron chi connectivity index (χ1n) is 5.64. The predicted octanol–water partition coefficient (Wildman–Crippen LogP) is 1.16. The second-order valence-corrected chi connectivity index (χ2v) is 4.98. The van der Waals surface area contributed by atoms with Gasteiger partial charge in [-0.2, -0.15) is 0 Å². The molecule has 1 aliphatic rings. The fourth-order valence-electron chi connectivity index (χ4n) is 1.97. The number of nitrogens with one attached hydrogen (secondary N) is 1. The van der Waals surface area contributed by atoms with Crippen LogP contribution in [0.3, 0.4) is 0 Å². The third-order valence-corrected chi connectivity index (χ3v) is 3.69. The van der Waals surface area contributed by atoms with Crippen LogP contribution in [0.4, 0.5) is 0 Å². The molecule has 2 rings (SSSR count). The zero-order valence-electron chi connectivity index (χ0n) is 9.69. The average molecular weight is 239 g/mol. The maximum Gasteiger partial charge on any atom is 0.240 e. The molecule has 0 aromatic carbocycles. The van der Waals surface area contributed by atoms with Gasteiger partial charge in [0.25, 0.3) is 0 Å². The van der Waals surface area contributed by atoms with E-state index < -0.39 is 0 Å². The van der Waals surface area contributed by atoms with E-state index in [2.05, 4.69) is 10.3 Å². The number of aryl methyl sites for hydroxylation is 1. The first-order chi connectivity index (χ1) is 7.70. The third kappa shape index (κ3) is 2.41. The van der Waals surface area contributed by atoms with Crippen LogP contribution in [0.15, 0.2) is 5.38 Å². The smallest absolute Gasteiger partial charge is 0.240 e. The molecule has 0 radical (unpaired) electrons. The number of carbonyl (C=O) groups excluding carboxylic acids is 1. The monoisotopic (exact) mass is 239 g/mol. The molecule has 1 N–H and O–H groups in total. The van der Waals surface area contributed by atoms with Gasteiger partial charge in [0, 0.05) is 17.6 Å². The van der Waals surface area contributed by atoms with E-state index in [1.807, 2.05) is 24.1 Å².